The van der Waals surface area contributed by atoms with Crippen LogP contribution in [0, 0.1) is 0 Å². The SMILES string of the molecule is c1cc(-c2cscn2)cc(-c2cn3ccccc3n2)c1. The Kier molecular flexibility index (Phi) is 2.60. The molecule has 3 heterocycles. The predicted octanol–water partition coefficient (Wildman–Crippen LogP) is 4.12. The lowest BCUT2D eigenvalue weighted by Crippen LogP contribution is -1.81. The molecule has 0 amide bonds. The third kappa shape index (κ3) is 1.90. The van der Waals surface area contributed by atoms with Gasteiger partial charge in [-0.3, -0.25) is 0 Å². The summed E-state index contributed by atoms with van der Waals surface area (Å²) < 4.78 is 2.03. The van der Waals surface area contributed by atoms with Gasteiger partial charge in [0.25, 0.3) is 0 Å². The minimum Gasteiger partial charge on any atom is -0.306 e. The Labute approximate surface area is 120 Å². The van der Waals surface area contributed by atoms with Crippen molar-refractivity contribution < 1.29 is 0 Å². The van der Waals surface area contributed by atoms with Crippen molar-refractivity contribution in [3.63, 3.8) is 0 Å². The zero-order chi connectivity index (χ0) is 13.4. The van der Waals surface area contributed by atoms with Gasteiger partial charge in [0.15, 0.2) is 0 Å². The smallest absolute Gasteiger partial charge is 0.137 e. The van der Waals surface area contributed by atoms with Crippen LogP contribution in [0.5, 0.6) is 0 Å². The lowest BCUT2D eigenvalue weighted by molar-refractivity contribution is 1.19. The second-order valence-electron chi connectivity index (χ2n) is 4.55. The van der Waals surface area contributed by atoms with Crippen molar-refractivity contribution >= 4 is 17.0 Å². The predicted molar refractivity (Wildman–Crippen MR) is 81.7 cm³/mol. The summed E-state index contributed by atoms with van der Waals surface area (Å²) in [6.07, 6.45) is 4.06. The molecule has 0 unspecified atom stereocenters. The number of hydrogen-bond acceptors (Lipinski definition) is 3. The molecule has 1 aromatic carbocycles. The molecule has 3 aromatic heterocycles. The van der Waals surface area contributed by atoms with Crippen LogP contribution >= 0.6 is 11.3 Å². The first-order chi connectivity index (χ1) is 9.90. The van der Waals surface area contributed by atoms with E-state index in [2.05, 4.69) is 39.7 Å². The summed E-state index contributed by atoms with van der Waals surface area (Å²) in [7, 11) is 0. The third-order valence-electron chi connectivity index (χ3n) is 3.25. The number of pyridine rings is 1. The first-order valence-electron chi connectivity index (χ1n) is 6.33. The third-order valence-corrected chi connectivity index (χ3v) is 3.84. The second-order valence-corrected chi connectivity index (χ2v) is 5.27. The van der Waals surface area contributed by atoms with Gasteiger partial charge in [-0.2, -0.15) is 0 Å². The molecule has 0 atom stereocenters. The molecule has 20 heavy (non-hydrogen) atoms. The molecule has 3 nitrogen and oxygen atoms in total. The molecular weight excluding hydrogens is 266 g/mol. The van der Waals surface area contributed by atoms with Gasteiger partial charge in [-0.25, -0.2) is 9.97 Å². The summed E-state index contributed by atoms with van der Waals surface area (Å²) in [5.41, 5.74) is 7.04. The second kappa shape index (κ2) is 4.58. The summed E-state index contributed by atoms with van der Waals surface area (Å²) in [4.78, 5) is 9.01. The van der Waals surface area contributed by atoms with Crippen LogP contribution < -0.4 is 0 Å². The molecule has 96 valence electrons. The van der Waals surface area contributed by atoms with Gasteiger partial charge in [-0.05, 0) is 18.2 Å². The molecule has 0 saturated carbocycles. The van der Waals surface area contributed by atoms with E-state index in [4.69, 9.17) is 0 Å². The number of imidazole rings is 1. The Hall–Kier alpha value is -2.46. The topological polar surface area (TPSA) is 30.2 Å². The number of fused-ring (bicyclic) bond motifs is 1. The lowest BCUT2D eigenvalue weighted by atomic mass is 10.1. The number of hydrogen-bond donors (Lipinski definition) is 0. The average molecular weight is 277 g/mol. The van der Waals surface area contributed by atoms with E-state index in [0.29, 0.717) is 0 Å². The van der Waals surface area contributed by atoms with E-state index >= 15 is 0 Å². The Bertz CT molecular complexity index is 829. The van der Waals surface area contributed by atoms with Crippen molar-refractivity contribution in [2.24, 2.45) is 0 Å². The first-order valence-corrected chi connectivity index (χ1v) is 7.27. The van der Waals surface area contributed by atoms with Crippen molar-refractivity contribution in [3.8, 4) is 22.5 Å². The molecule has 0 saturated heterocycles. The van der Waals surface area contributed by atoms with E-state index in [1.165, 1.54) is 0 Å². The molecule has 4 aromatic rings. The van der Waals surface area contributed by atoms with Gasteiger partial charge in [-0.1, -0.05) is 24.3 Å². The lowest BCUT2D eigenvalue weighted by Gasteiger charge is -2.00. The Morgan fingerprint density at radius 3 is 2.65 bits per heavy atom. The fraction of sp³-hybridized carbons (Fsp3) is 0. The zero-order valence-corrected chi connectivity index (χ0v) is 11.4. The standard InChI is InChI=1S/C16H11N3S/c1-2-7-19-9-14(18-16(19)6-1)12-4-3-5-13(8-12)15-10-20-11-17-15/h1-11H. The molecule has 0 spiro atoms. The first kappa shape index (κ1) is 11.4. The molecule has 0 aliphatic heterocycles. The largest absolute Gasteiger partial charge is 0.306 e. The van der Waals surface area contributed by atoms with Crippen LogP contribution in [0.2, 0.25) is 0 Å². The fourth-order valence-electron chi connectivity index (χ4n) is 2.27. The highest BCUT2D eigenvalue weighted by Gasteiger charge is 2.06. The molecule has 4 heteroatoms. The summed E-state index contributed by atoms with van der Waals surface area (Å²) in [6.45, 7) is 0. The molecule has 4 rings (SSSR count). The highest BCUT2D eigenvalue weighted by atomic mass is 32.1. The van der Waals surface area contributed by atoms with Gasteiger partial charge in [0, 0.05) is 28.9 Å². The van der Waals surface area contributed by atoms with E-state index in [-0.39, 0.29) is 0 Å². The minimum atomic E-state index is 0.960. The molecule has 0 fully saturated rings. The van der Waals surface area contributed by atoms with Gasteiger partial charge < -0.3 is 4.40 Å². The monoisotopic (exact) mass is 277 g/mol. The van der Waals surface area contributed by atoms with Crippen molar-refractivity contribution in [2.45, 2.75) is 0 Å². The number of aromatic nitrogens is 3. The van der Waals surface area contributed by atoms with E-state index < -0.39 is 0 Å². The van der Waals surface area contributed by atoms with Crippen LogP contribution in [-0.2, 0) is 0 Å². The highest BCUT2D eigenvalue weighted by molar-refractivity contribution is 7.07. The summed E-state index contributed by atoms with van der Waals surface area (Å²) >= 11 is 1.61. The van der Waals surface area contributed by atoms with Gasteiger partial charge in [0.1, 0.15) is 5.65 Å². The van der Waals surface area contributed by atoms with Crippen molar-refractivity contribution in [3.05, 3.63) is 65.7 Å². The summed E-state index contributed by atoms with van der Waals surface area (Å²) in [5, 5.41) is 2.06. The van der Waals surface area contributed by atoms with Crippen LogP contribution in [0.1, 0.15) is 0 Å². The van der Waals surface area contributed by atoms with Crippen LogP contribution in [0.15, 0.2) is 65.7 Å². The van der Waals surface area contributed by atoms with Crippen LogP contribution in [0.25, 0.3) is 28.2 Å². The van der Waals surface area contributed by atoms with Gasteiger partial charge >= 0.3 is 0 Å². The Morgan fingerprint density at radius 1 is 0.950 bits per heavy atom. The maximum atomic E-state index is 4.65. The van der Waals surface area contributed by atoms with Crippen LogP contribution in [-0.4, -0.2) is 14.4 Å². The van der Waals surface area contributed by atoms with Crippen LogP contribution in [0.4, 0.5) is 0 Å². The van der Waals surface area contributed by atoms with E-state index in [1.807, 2.05) is 40.4 Å². The number of benzene rings is 1. The van der Waals surface area contributed by atoms with Gasteiger partial charge in [-0.15, -0.1) is 11.3 Å². The quantitative estimate of drug-likeness (QED) is 0.551. The summed E-state index contributed by atoms with van der Waals surface area (Å²) in [5.74, 6) is 0. The highest BCUT2D eigenvalue weighted by Crippen LogP contribution is 2.25. The van der Waals surface area contributed by atoms with Crippen molar-refractivity contribution in [2.75, 3.05) is 0 Å². The number of thiazole rings is 1. The maximum Gasteiger partial charge on any atom is 0.137 e. The Morgan fingerprint density at radius 2 is 1.85 bits per heavy atom. The number of nitrogens with zero attached hydrogens (tertiary/aromatic N) is 3. The fourth-order valence-corrected chi connectivity index (χ4v) is 2.83. The average Bonchev–Trinajstić information content (AvgIpc) is 3.16. The van der Waals surface area contributed by atoms with E-state index in [1.54, 1.807) is 11.3 Å². The minimum absolute atomic E-state index is 0.960. The normalized spacial score (nSPS) is 11.0. The molecule has 0 N–H and O–H groups in total. The molecular formula is C16H11N3S. The molecule has 0 aliphatic rings. The van der Waals surface area contributed by atoms with E-state index in [9.17, 15) is 0 Å². The summed E-state index contributed by atoms with van der Waals surface area (Å²) in [6, 6.07) is 14.4. The Balaban J connectivity index is 1.84. The van der Waals surface area contributed by atoms with Crippen molar-refractivity contribution in [1.29, 1.82) is 0 Å². The maximum absolute atomic E-state index is 4.65. The van der Waals surface area contributed by atoms with Gasteiger partial charge in [0.05, 0.1) is 16.9 Å². The zero-order valence-electron chi connectivity index (χ0n) is 10.6. The van der Waals surface area contributed by atoms with Crippen LogP contribution in [0.3, 0.4) is 0 Å². The van der Waals surface area contributed by atoms with Crippen molar-refractivity contribution in [1.82, 2.24) is 14.4 Å². The van der Waals surface area contributed by atoms with Gasteiger partial charge in [0.2, 0.25) is 0 Å². The molecule has 0 bridgehead atoms. The van der Waals surface area contributed by atoms with E-state index in [0.717, 1.165) is 28.2 Å². The molecule has 0 radical (unpaired) electrons. The molecule has 0 aliphatic carbocycles. The number of rotatable bonds is 2.